The van der Waals surface area contributed by atoms with Crippen molar-refractivity contribution >= 4 is 23.5 Å². The van der Waals surface area contributed by atoms with Gasteiger partial charge < -0.3 is 0 Å². The molecule has 1 radical (unpaired) electrons. The predicted molar refractivity (Wildman–Crippen MR) is 50.1 cm³/mol. The highest BCUT2D eigenvalue weighted by molar-refractivity contribution is 8.07. The molecule has 2 heteroatoms. The summed E-state index contributed by atoms with van der Waals surface area (Å²) in [5.74, 6) is 1.37. The summed E-state index contributed by atoms with van der Waals surface area (Å²) in [7, 11) is 0. The highest BCUT2D eigenvalue weighted by atomic mass is 32.2. The van der Waals surface area contributed by atoms with Gasteiger partial charge in [0, 0.05) is 10.5 Å². The van der Waals surface area contributed by atoms with Crippen LogP contribution >= 0.6 is 23.5 Å². The fourth-order valence-electron chi connectivity index (χ4n) is 1.37. The van der Waals surface area contributed by atoms with Gasteiger partial charge in [-0.25, -0.2) is 0 Å². The molecular weight excluding hydrogens is 160 g/mol. The Labute approximate surface area is 70.8 Å². The third kappa shape index (κ3) is 1.37. The molecule has 55 valence electrons. The van der Waals surface area contributed by atoms with E-state index >= 15 is 0 Å². The Kier molecular flexibility index (Phi) is 2.29. The molecule has 1 fully saturated rings. The smallest absolute Gasteiger partial charge is 0.0442 e. The average Bonchev–Trinajstić information content (AvgIpc) is 2.59. The fraction of sp³-hybridized carbons (Fsp3) is 0.625. The second-order valence-corrected chi connectivity index (χ2v) is 4.99. The van der Waals surface area contributed by atoms with Gasteiger partial charge in [0.05, 0.1) is 0 Å². The van der Waals surface area contributed by atoms with Crippen LogP contribution in [0.5, 0.6) is 0 Å². The lowest BCUT2D eigenvalue weighted by atomic mass is 10.1. The van der Waals surface area contributed by atoms with E-state index in [1.165, 1.54) is 25.0 Å². The van der Waals surface area contributed by atoms with Crippen molar-refractivity contribution < 1.29 is 0 Å². The van der Waals surface area contributed by atoms with E-state index in [9.17, 15) is 0 Å². The second-order valence-electron chi connectivity index (χ2n) is 2.65. The quantitative estimate of drug-likeness (QED) is 0.594. The zero-order chi connectivity index (χ0) is 6.81. The summed E-state index contributed by atoms with van der Waals surface area (Å²) >= 11 is 4.10. The molecule has 0 aromatic heterocycles. The molecule has 0 nitrogen and oxygen atoms in total. The van der Waals surface area contributed by atoms with Crippen molar-refractivity contribution in [2.24, 2.45) is 0 Å². The third-order valence-corrected chi connectivity index (χ3v) is 4.56. The van der Waals surface area contributed by atoms with Crippen molar-refractivity contribution in [3.05, 3.63) is 16.7 Å². The van der Waals surface area contributed by atoms with Gasteiger partial charge in [-0.2, -0.15) is 11.8 Å². The first-order chi connectivity index (χ1) is 4.97. The Bertz CT molecular complexity index is 128. The monoisotopic (exact) mass is 171 g/mol. The summed E-state index contributed by atoms with van der Waals surface area (Å²) in [6, 6.07) is 0. The van der Waals surface area contributed by atoms with Gasteiger partial charge in [-0.15, -0.1) is 11.8 Å². The van der Waals surface area contributed by atoms with Crippen LogP contribution in [0, 0.1) is 5.25 Å². The van der Waals surface area contributed by atoms with Crippen molar-refractivity contribution in [3.8, 4) is 0 Å². The third-order valence-electron chi connectivity index (χ3n) is 1.90. The van der Waals surface area contributed by atoms with E-state index in [1.807, 2.05) is 11.8 Å². The zero-order valence-corrected chi connectivity index (χ0v) is 7.51. The lowest BCUT2D eigenvalue weighted by molar-refractivity contribution is 0.852. The van der Waals surface area contributed by atoms with E-state index in [0.717, 1.165) is 5.25 Å². The van der Waals surface area contributed by atoms with Crippen LogP contribution in [-0.4, -0.2) is 11.0 Å². The van der Waals surface area contributed by atoms with Crippen molar-refractivity contribution in [2.75, 3.05) is 5.75 Å². The van der Waals surface area contributed by atoms with Gasteiger partial charge in [-0.1, -0.05) is 6.08 Å². The standard InChI is InChI=1S/C8H11S2/c1-3-7(9-5-1)8-4-2-6-10-8/h1,5,7H,2-4,6H2. The molecule has 0 N–H and O–H groups in total. The zero-order valence-electron chi connectivity index (χ0n) is 5.88. The fourth-order valence-corrected chi connectivity index (χ4v) is 3.76. The van der Waals surface area contributed by atoms with E-state index in [2.05, 4.69) is 23.2 Å². The van der Waals surface area contributed by atoms with Crippen LogP contribution in [0.2, 0.25) is 0 Å². The molecule has 2 rings (SSSR count). The lowest BCUT2D eigenvalue weighted by Gasteiger charge is -2.13. The van der Waals surface area contributed by atoms with Gasteiger partial charge in [-0.05, 0) is 30.4 Å². The first-order valence-corrected chi connectivity index (χ1v) is 5.68. The molecule has 0 amide bonds. The molecule has 0 aromatic carbocycles. The van der Waals surface area contributed by atoms with Gasteiger partial charge in [0.15, 0.2) is 0 Å². The number of thioether (sulfide) groups is 2. The normalized spacial score (nSPS) is 33.8. The maximum absolute atomic E-state index is 2.29. The predicted octanol–water partition coefficient (Wildman–Crippen LogP) is 3.06. The van der Waals surface area contributed by atoms with Crippen LogP contribution in [0.4, 0.5) is 0 Å². The first-order valence-electron chi connectivity index (χ1n) is 3.76. The van der Waals surface area contributed by atoms with Crippen molar-refractivity contribution in [1.82, 2.24) is 0 Å². The molecule has 0 aliphatic carbocycles. The van der Waals surface area contributed by atoms with Crippen molar-refractivity contribution in [1.29, 1.82) is 0 Å². The minimum absolute atomic E-state index is 0.840. The van der Waals surface area contributed by atoms with Crippen molar-refractivity contribution in [3.63, 3.8) is 0 Å². The molecule has 0 saturated carbocycles. The summed E-state index contributed by atoms with van der Waals surface area (Å²) in [5.41, 5.74) is 0. The van der Waals surface area contributed by atoms with Crippen LogP contribution in [0.3, 0.4) is 0 Å². The lowest BCUT2D eigenvalue weighted by Crippen LogP contribution is -2.04. The highest BCUT2D eigenvalue weighted by Gasteiger charge is 2.26. The number of rotatable bonds is 1. The van der Waals surface area contributed by atoms with Crippen molar-refractivity contribution in [2.45, 2.75) is 24.5 Å². The molecule has 1 unspecified atom stereocenters. The van der Waals surface area contributed by atoms with E-state index in [-0.39, 0.29) is 0 Å². The molecule has 1 saturated heterocycles. The maximum Gasteiger partial charge on any atom is 0.0442 e. The van der Waals surface area contributed by atoms with Crippen LogP contribution in [0.15, 0.2) is 11.5 Å². The molecule has 0 aromatic rings. The van der Waals surface area contributed by atoms with Gasteiger partial charge in [0.25, 0.3) is 0 Å². The van der Waals surface area contributed by atoms with E-state index in [1.54, 1.807) is 5.25 Å². The molecule has 1 atom stereocenters. The summed E-state index contributed by atoms with van der Waals surface area (Å²) in [5, 5.41) is 4.83. The molecular formula is C8H11S2. The average molecular weight is 171 g/mol. The first kappa shape index (κ1) is 7.11. The van der Waals surface area contributed by atoms with Gasteiger partial charge in [0.1, 0.15) is 0 Å². The minimum atomic E-state index is 0.840. The van der Waals surface area contributed by atoms with Gasteiger partial charge in [-0.3, -0.25) is 0 Å². The van der Waals surface area contributed by atoms with Crippen LogP contribution < -0.4 is 0 Å². The Morgan fingerprint density at radius 2 is 2.50 bits per heavy atom. The number of hydrogen-bond donors (Lipinski definition) is 0. The molecule has 0 spiro atoms. The minimum Gasteiger partial charge on any atom is -0.152 e. The number of hydrogen-bond acceptors (Lipinski definition) is 2. The largest absolute Gasteiger partial charge is 0.152 e. The summed E-state index contributed by atoms with van der Waals surface area (Å²) in [4.78, 5) is 0. The van der Waals surface area contributed by atoms with Gasteiger partial charge >= 0.3 is 0 Å². The second kappa shape index (κ2) is 3.22. The molecule has 2 aliphatic rings. The van der Waals surface area contributed by atoms with Crippen LogP contribution in [0.1, 0.15) is 19.3 Å². The topological polar surface area (TPSA) is 0 Å². The summed E-state index contributed by atoms with van der Waals surface area (Å²) in [6.07, 6.45) is 6.37. The van der Waals surface area contributed by atoms with Crippen LogP contribution in [0.25, 0.3) is 0 Å². The molecule has 2 heterocycles. The highest BCUT2D eigenvalue weighted by Crippen LogP contribution is 2.44. The SMILES string of the molecule is C1=CSC([C]2CCCS2)C1. The van der Waals surface area contributed by atoms with Crippen LogP contribution in [-0.2, 0) is 0 Å². The van der Waals surface area contributed by atoms with E-state index < -0.39 is 0 Å². The van der Waals surface area contributed by atoms with Gasteiger partial charge in [0.2, 0.25) is 0 Å². The Morgan fingerprint density at radius 1 is 1.50 bits per heavy atom. The van der Waals surface area contributed by atoms with E-state index in [0.29, 0.717) is 0 Å². The molecule has 2 aliphatic heterocycles. The van der Waals surface area contributed by atoms with E-state index in [4.69, 9.17) is 0 Å². The maximum atomic E-state index is 2.29. The Balaban J connectivity index is 1.87. The Hall–Kier alpha value is 0.440. The summed E-state index contributed by atoms with van der Waals surface area (Å²) < 4.78 is 0. The Morgan fingerprint density at radius 3 is 3.10 bits per heavy atom. The number of allylic oxidation sites excluding steroid dienone is 1. The molecule has 0 bridgehead atoms. The molecule has 10 heavy (non-hydrogen) atoms. The summed E-state index contributed by atoms with van der Waals surface area (Å²) in [6.45, 7) is 0.